The van der Waals surface area contributed by atoms with Gasteiger partial charge in [-0.05, 0) is 48.4 Å². The number of pyridine rings is 1. The normalized spacial score (nSPS) is 19.5. The minimum absolute atomic E-state index is 0.00184. The molecule has 2 aliphatic heterocycles. The van der Waals surface area contributed by atoms with Crippen LogP contribution in [0.15, 0.2) is 42.6 Å². The Morgan fingerprint density at radius 1 is 1.04 bits per heavy atom. The molecule has 5 heteroatoms. The van der Waals surface area contributed by atoms with Crippen LogP contribution in [0.25, 0.3) is 0 Å². The highest BCUT2D eigenvalue weighted by Crippen LogP contribution is 2.21. The van der Waals surface area contributed by atoms with E-state index < -0.39 is 0 Å². The minimum Gasteiger partial charge on any atom is -0.338 e. The number of piperidine rings is 1. The molecule has 1 unspecified atom stereocenters. The second-order valence-electron chi connectivity index (χ2n) is 7.67. The first-order valence-electron chi connectivity index (χ1n) is 9.73. The summed E-state index contributed by atoms with van der Waals surface area (Å²) in [6, 6.07) is 11.6. The fourth-order valence-corrected chi connectivity index (χ4v) is 4.07. The zero-order valence-corrected chi connectivity index (χ0v) is 15.7. The highest BCUT2D eigenvalue weighted by molar-refractivity contribution is 5.98. The fraction of sp³-hybridized carbons (Fsp3) is 0.409. The SMILES string of the molecule is CC1CCCN(C(=O)c2ccnc(C(=O)N3CCc4ccccc4C3)c2)C1. The maximum atomic E-state index is 13.0. The zero-order chi connectivity index (χ0) is 18.8. The van der Waals surface area contributed by atoms with E-state index in [0.29, 0.717) is 30.3 Å². The standard InChI is InChI=1S/C22H25N3O2/c1-16-5-4-11-24(14-16)21(26)18-8-10-23-20(13-18)22(27)25-12-9-17-6-2-3-7-19(17)15-25/h2-3,6-8,10,13,16H,4-5,9,11-12,14-15H2,1H3. The molecule has 0 aliphatic carbocycles. The number of carbonyl (C=O) groups is 2. The molecule has 27 heavy (non-hydrogen) atoms. The van der Waals surface area contributed by atoms with Gasteiger partial charge in [0.05, 0.1) is 0 Å². The molecule has 140 valence electrons. The molecule has 2 aromatic rings. The van der Waals surface area contributed by atoms with E-state index in [1.54, 1.807) is 18.3 Å². The molecule has 1 aromatic heterocycles. The highest BCUT2D eigenvalue weighted by atomic mass is 16.2. The summed E-state index contributed by atoms with van der Waals surface area (Å²) >= 11 is 0. The van der Waals surface area contributed by atoms with Crippen LogP contribution in [0.2, 0.25) is 0 Å². The number of fused-ring (bicyclic) bond motifs is 1. The molecule has 1 saturated heterocycles. The second kappa shape index (κ2) is 7.51. The summed E-state index contributed by atoms with van der Waals surface area (Å²) in [4.78, 5) is 33.8. The van der Waals surface area contributed by atoms with Gasteiger partial charge in [-0.1, -0.05) is 31.2 Å². The van der Waals surface area contributed by atoms with Crippen molar-refractivity contribution in [3.63, 3.8) is 0 Å². The van der Waals surface area contributed by atoms with Crippen molar-refractivity contribution >= 4 is 11.8 Å². The third-order valence-electron chi connectivity index (χ3n) is 5.59. The Labute approximate surface area is 160 Å². The van der Waals surface area contributed by atoms with Crippen LogP contribution in [0, 0.1) is 5.92 Å². The Morgan fingerprint density at radius 2 is 1.85 bits per heavy atom. The van der Waals surface area contributed by atoms with E-state index in [4.69, 9.17) is 0 Å². The molecule has 0 spiro atoms. The Kier molecular flexibility index (Phi) is 4.92. The van der Waals surface area contributed by atoms with Crippen molar-refractivity contribution in [1.82, 2.24) is 14.8 Å². The van der Waals surface area contributed by atoms with Gasteiger partial charge >= 0.3 is 0 Å². The monoisotopic (exact) mass is 363 g/mol. The number of benzene rings is 1. The maximum Gasteiger partial charge on any atom is 0.272 e. The molecule has 5 nitrogen and oxygen atoms in total. The summed E-state index contributed by atoms with van der Waals surface area (Å²) in [7, 11) is 0. The number of aromatic nitrogens is 1. The third-order valence-corrected chi connectivity index (χ3v) is 5.59. The summed E-state index contributed by atoms with van der Waals surface area (Å²) in [5, 5.41) is 0. The topological polar surface area (TPSA) is 53.5 Å². The molecule has 2 aliphatic rings. The number of rotatable bonds is 2. The predicted molar refractivity (Wildman–Crippen MR) is 103 cm³/mol. The van der Waals surface area contributed by atoms with Crippen LogP contribution in [-0.4, -0.2) is 46.2 Å². The molecular formula is C22H25N3O2. The van der Waals surface area contributed by atoms with Gasteiger partial charge in [0.25, 0.3) is 11.8 Å². The minimum atomic E-state index is -0.105. The lowest BCUT2D eigenvalue weighted by molar-refractivity contribution is 0.0682. The van der Waals surface area contributed by atoms with Crippen LogP contribution >= 0.6 is 0 Å². The van der Waals surface area contributed by atoms with Crippen molar-refractivity contribution in [3.05, 3.63) is 65.0 Å². The van der Waals surface area contributed by atoms with Crippen LogP contribution in [0.1, 0.15) is 51.7 Å². The Hall–Kier alpha value is -2.69. The molecular weight excluding hydrogens is 338 g/mol. The Bertz CT molecular complexity index is 864. The maximum absolute atomic E-state index is 13.0. The molecule has 0 radical (unpaired) electrons. The zero-order valence-electron chi connectivity index (χ0n) is 15.7. The number of carbonyl (C=O) groups excluding carboxylic acids is 2. The number of hydrogen-bond acceptors (Lipinski definition) is 3. The average Bonchev–Trinajstić information content (AvgIpc) is 2.72. The van der Waals surface area contributed by atoms with E-state index >= 15 is 0 Å². The van der Waals surface area contributed by atoms with Gasteiger partial charge in [-0.15, -0.1) is 0 Å². The lowest BCUT2D eigenvalue weighted by atomic mass is 9.99. The van der Waals surface area contributed by atoms with Crippen LogP contribution < -0.4 is 0 Å². The first-order chi connectivity index (χ1) is 13.1. The molecule has 0 saturated carbocycles. The summed E-state index contributed by atoms with van der Waals surface area (Å²) in [6.07, 6.45) is 4.63. The lowest BCUT2D eigenvalue weighted by Gasteiger charge is -2.31. The number of hydrogen-bond donors (Lipinski definition) is 0. The Balaban J connectivity index is 1.50. The first-order valence-corrected chi connectivity index (χ1v) is 9.73. The molecule has 2 amide bonds. The van der Waals surface area contributed by atoms with Gasteiger partial charge in [0.15, 0.2) is 0 Å². The van der Waals surface area contributed by atoms with E-state index in [1.165, 1.54) is 17.5 Å². The fourth-order valence-electron chi connectivity index (χ4n) is 4.07. The largest absolute Gasteiger partial charge is 0.338 e. The molecule has 3 heterocycles. The summed E-state index contributed by atoms with van der Waals surface area (Å²) < 4.78 is 0. The van der Waals surface area contributed by atoms with E-state index in [0.717, 1.165) is 25.9 Å². The van der Waals surface area contributed by atoms with E-state index in [2.05, 4.69) is 24.0 Å². The third kappa shape index (κ3) is 3.72. The smallest absolute Gasteiger partial charge is 0.272 e. The molecule has 0 bridgehead atoms. The van der Waals surface area contributed by atoms with Crippen molar-refractivity contribution < 1.29 is 9.59 Å². The van der Waals surface area contributed by atoms with Crippen molar-refractivity contribution in [1.29, 1.82) is 0 Å². The summed E-state index contributed by atoms with van der Waals surface area (Å²) in [5.74, 6) is 0.423. The van der Waals surface area contributed by atoms with Crippen molar-refractivity contribution in [2.45, 2.75) is 32.7 Å². The highest BCUT2D eigenvalue weighted by Gasteiger charge is 2.25. The average molecular weight is 363 g/mol. The molecule has 1 fully saturated rings. The summed E-state index contributed by atoms with van der Waals surface area (Å²) in [5.41, 5.74) is 3.40. The predicted octanol–water partition coefficient (Wildman–Crippen LogP) is 3.15. The molecule has 4 rings (SSSR count). The number of amides is 2. The van der Waals surface area contributed by atoms with E-state index in [1.807, 2.05) is 21.9 Å². The first kappa shape index (κ1) is 17.7. The molecule has 0 N–H and O–H groups in total. The van der Waals surface area contributed by atoms with Gasteiger partial charge in [-0.3, -0.25) is 14.6 Å². The van der Waals surface area contributed by atoms with Gasteiger partial charge in [0, 0.05) is 37.9 Å². The van der Waals surface area contributed by atoms with Crippen LogP contribution in [0.3, 0.4) is 0 Å². The number of nitrogens with zero attached hydrogens (tertiary/aromatic N) is 3. The lowest BCUT2D eigenvalue weighted by Crippen LogP contribution is -2.39. The molecule has 1 aromatic carbocycles. The second-order valence-corrected chi connectivity index (χ2v) is 7.67. The Morgan fingerprint density at radius 3 is 2.67 bits per heavy atom. The molecule has 1 atom stereocenters. The van der Waals surface area contributed by atoms with Crippen molar-refractivity contribution in [2.24, 2.45) is 5.92 Å². The van der Waals surface area contributed by atoms with Gasteiger partial charge in [0.2, 0.25) is 0 Å². The van der Waals surface area contributed by atoms with Gasteiger partial charge < -0.3 is 9.80 Å². The van der Waals surface area contributed by atoms with Gasteiger partial charge in [-0.2, -0.15) is 0 Å². The van der Waals surface area contributed by atoms with Crippen LogP contribution in [0.4, 0.5) is 0 Å². The number of likely N-dealkylation sites (tertiary alicyclic amines) is 1. The van der Waals surface area contributed by atoms with E-state index in [9.17, 15) is 9.59 Å². The van der Waals surface area contributed by atoms with Gasteiger partial charge in [-0.25, -0.2) is 0 Å². The summed E-state index contributed by atoms with van der Waals surface area (Å²) in [6.45, 7) is 5.03. The van der Waals surface area contributed by atoms with Crippen molar-refractivity contribution in [2.75, 3.05) is 19.6 Å². The van der Waals surface area contributed by atoms with Crippen LogP contribution in [-0.2, 0) is 13.0 Å². The van der Waals surface area contributed by atoms with Gasteiger partial charge in [0.1, 0.15) is 5.69 Å². The van der Waals surface area contributed by atoms with E-state index in [-0.39, 0.29) is 11.8 Å². The van der Waals surface area contributed by atoms with Crippen LogP contribution in [0.5, 0.6) is 0 Å². The quantitative estimate of drug-likeness (QED) is 0.824. The van der Waals surface area contributed by atoms with Crippen molar-refractivity contribution in [3.8, 4) is 0 Å².